The van der Waals surface area contributed by atoms with Crippen molar-refractivity contribution in [3.63, 3.8) is 0 Å². The molecule has 0 aliphatic rings. The Labute approximate surface area is 153 Å². The summed E-state index contributed by atoms with van der Waals surface area (Å²) in [5.41, 5.74) is 2.56. The molecule has 0 spiro atoms. The second-order valence-electron chi connectivity index (χ2n) is 5.81. The third-order valence-corrected chi connectivity index (χ3v) is 4.59. The summed E-state index contributed by atoms with van der Waals surface area (Å²) in [5.74, 6) is 3.66. The number of aryl methyl sites for hydroxylation is 2. The molecular weight excluding hydrogens is 350 g/mol. The maximum Gasteiger partial charge on any atom is 0.325 e. The van der Waals surface area contributed by atoms with Gasteiger partial charge in [-0.15, -0.1) is 16.6 Å². The monoisotopic (exact) mass is 367 g/mol. The topological polar surface area (TPSA) is 96.4 Å². The van der Waals surface area contributed by atoms with Crippen LogP contribution in [0.3, 0.4) is 0 Å². The predicted octanol–water partition coefficient (Wildman–Crippen LogP) is 1.58. The van der Waals surface area contributed by atoms with E-state index >= 15 is 0 Å². The van der Waals surface area contributed by atoms with Gasteiger partial charge in [-0.3, -0.25) is 14.3 Å². The van der Waals surface area contributed by atoms with Crippen LogP contribution in [-0.4, -0.2) is 30.5 Å². The van der Waals surface area contributed by atoms with E-state index in [-0.39, 0.29) is 6.42 Å². The third kappa shape index (κ3) is 3.78. The van der Waals surface area contributed by atoms with Gasteiger partial charge < -0.3 is 4.98 Å². The van der Waals surface area contributed by atoms with E-state index < -0.39 is 11.2 Å². The SMILES string of the molecule is C#CCSc1nnc(Cc2cc(=O)[nH]c(=O)[nH]2)n1-c1cc(C)ccc1C. The van der Waals surface area contributed by atoms with Crippen LogP contribution >= 0.6 is 11.8 Å². The van der Waals surface area contributed by atoms with E-state index in [0.29, 0.717) is 22.4 Å². The number of terminal acetylenes is 1. The molecule has 0 bridgehead atoms. The highest BCUT2D eigenvalue weighted by atomic mass is 32.2. The first-order valence-corrected chi connectivity index (χ1v) is 8.87. The molecule has 0 unspecified atom stereocenters. The third-order valence-electron chi connectivity index (χ3n) is 3.76. The molecule has 7 nitrogen and oxygen atoms in total. The normalized spacial score (nSPS) is 10.7. The van der Waals surface area contributed by atoms with Gasteiger partial charge in [0, 0.05) is 18.2 Å². The van der Waals surface area contributed by atoms with Gasteiger partial charge in [-0.1, -0.05) is 29.8 Å². The molecule has 0 aliphatic carbocycles. The van der Waals surface area contributed by atoms with Crippen molar-refractivity contribution in [2.24, 2.45) is 0 Å². The standard InChI is InChI=1S/C18H17N5O2S/c1-4-7-26-18-22-21-15(9-13-10-16(24)20-17(25)19-13)23(18)14-8-11(2)5-6-12(14)3/h1,5-6,8,10H,7,9H2,2-3H3,(H2,19,20,24,25). The van der Waals surface area contributed by atoms with Crippen molar-refractivity contribution in [2.75, 3.05) is 5.75 Å². The van der Waals surface area contributed by atoms with E-state index in [0.717, 1.165) is 16.8 Å². The lowest BCUT2D eigenvalue weighted by Gasteiger charge is -2.13. The Balaban J connectivity index is 2.12. The summed E-state index contributed by atoms with van der Waals surface area (Å²) in [5, 5.41) is 9.17. The number of aromatic amines is 2. The van der Waals surface area contributed by atoms with Crippen LogP contribution in [0.15, 0.2) is 39.0 Å². The Morgan fingerprint density at radius 3 is 2.73 bits per heavy atom. The molecule has 0 aliphatic heterocycles. The van der Waals surface area contributed by atoms with E-state index in [2.05, 4.69) is 26.1 Å². The number of benzene rings is 1. The van der Waals surface area contributed by atoms with E-state index in [1.165, 1.54) is 17.8 Å². The molecule has 0 fully saturated rings. The number of H-pyrrole nitrogens is 2. The first-order chi connectivity index (χ1) is 12.5. The summed E-state index contributed by atoms with van der Waals surface area (Å²) in [6, 6.07) is 7.45. The molecule has 3 rings (SSSR count). The lowest BCUT2D eigenvalue weighted by Crippen LogP contribution is -2.23. The fourth-order valence-electron chi connectivity index (χ4n) is 2.60. The molecule has 8 heteroatoms. The van der Waals surface area contributed by atoms with E-state index in [1.807, 2.05) is 36.6 Å². The molecule has 26 heavy (non-hydrogen) atoms. The Morgan fingerprint density at radius 1 is 1.19 bits per heavy atom. The molecule has 0 amide bonds. The number of nitrogens with one attached hydrogen (secondary N) is 2. The van der Waals surface area contributed by atoms with Crippen molar-refractivity contribution in [1.29, 1.82) is 0 Å². The van der Waals surface area contributed by atoms with Gasteiger partial charge in [0.25, 0.3) is 5.56 Å². The first kappa shape index (κ1) is 17.8. The molecule has 2 heterocycles. The second-order valence-corrected chi connectivity index (χ2v) is 6.75. The van der Waals surface area contributed by atoms with E-state index in [9.17, 15) is 9.59 Å². The number of hydrogen-bond acceptors (Lipinski definition) is 5. The summed E-state index contributed by atoms with van der Waals surface area (Å²) in [6.45, 7) is 4.01. The molecule has 3 aromatic rings. The largest absolute Gasteiger partial charge is 0.325 e. The van der Waals surface area contributed by atoms with Crippen molar-refractivity contribution in [3.05, 3.63) is 67.7 Å². The minimum absolute atomic E-state index is 0.260. The van der Waals surface area contributed by atoms with Crippen LogP contribution in [-0.2, 0) is 6.42 Å². The van der Waals surface area contributed by atoms with Crippen LogP contribution in [0.25, 0.3) is 5.69 Å². The van der Waals surface area contributed by atoms with Crippen LogP contribution in [0.4, 0.5) is 0 Å². The minimum Gasteiger partial charge on any atom is -0.311 e. The summed E-state index contributed by atoms with van der Waals surface area (Å²) in [6.07, 6.45) is 5.64. The average Bonchev–Trinajstić information content (AvgIpc) is 2.96. The number of hydrogen-bond donors (Lipinski definition) is 2. The van der Waals surface area contributed by atoms with Crippen molar-refractivity contribution in [1.82, 2.24) is 24.7 Å². The Kier molecular flexibility index (Phi) is 5.09. The minimum atomic E-state index is -0.549. The average molecular weight is 367 g/mol. The first-order valence-electron chi connectivity index (χ1n) is 7.88. The summed E-state index contributed by atoms with van der Waals surface area (Å²) >= 11 is 1.41. The Bertz CT molecular complexity index is 1080. The van der Waals surface area contributed by atoms with Gasteiger partial charge in [-0.05, 0) is 31.0 Å². The number of thioether (sulfide) groups is 1. The predicted molar refractivity (Wildman–Crippen MR) is 101 cm³/mol. The molecule has 2 N–H and O–H groups in total. The van der Waals surface area contributed by atoms with E-state index in [1.54, 1.807) is 0 Å². The highest BCUT2D eigenvalue weighted by molar-refractivity contribution is 7.99. The molecule has 132 valence electrons. The van der Waals surface area contributed by atoms with Crippen molar-refractivity contribution in [3.8, 4) is 18.0 Å². The summed E-state index contributed by atoms with van der Waals surface area (Å²) in [4.78, 5) is 27.9. The molecular formula is C18H17N5O2S. The zero-order chi connectivity index (χ0) is 18.7. The summed E-state index contributed by atoms with van der Waals surface area (Å²) in [7, 11) is 0. The molecule has 0 saturated carbocycles. The van der Waals surface area contributed by atoms with Crippen LogP contribution in [0, 0.1) is 26.2 Å². The molecule has 1 aromatic carbocycles. The van der Waals surface area contributed by atoms with E-state index in [4.69, 9.17) is 6.42 Å². The van der Waals surface area contributed by atoms with Gasteiger partial charge in [0.2, 0.25) is 0 Å². The number of nitrogens with zero attached hydrogens (tertiary/aromatic N) is 3. The fraction of sp³-hybridized carbons (Fsp3) is 0.222. The van der Waals surface area contributed by atoms with Crippen LogP contribution in [0.5, 0.6) is 0 Å². The van der Waals surface area contributed by atoms with Gasteiger partial charge in [-0.2, -0.15) is 0 Å². The zero-order valence-electron chi connectivity index (χ0n) is 14.4. The van der Waals surface area contributed by atoms with Crippen molar-refractivity contribution >= 4 is 11.8 Å². The van der Waals surface area contributed by atoms with Gasteiger partial charge >= 0.3 is 5.69 Å². The molecule has 2 aromatic heterocycles. The second kappa shape index (κ2) is 7.45. The quantitative estimate of drug-likeness (QED) is 0.527. The van der Waals surface area contributed by atoms with Gasteiger partial charge in [0.05, 0.1) is 11.4 Å². The molecule has 0 atom stereocenters. The lowest BCUT2D eigenvalue weighted by molar-refractivity contribution is 0.824. The van der Waals surface area contributed by atoms with Gasteiger partial charge in [0.15, 0.2) is 5.16 Å². The molecule has 0 saturated heterocycles. The highest BCUT2D eigenvalue weighted by Crippen LogP contribution is 2.25. The Hall–Kier alpha value is -3.05. The van der Waals surface area contributed by atoms with Gasteiger partial charge in [0.1, 0.15) is 5.82 Å². The lowest BCUT2D eigenvalue weighted by atomic mass is 10.1. The van der Waals surface area contributed by atoms with Crippen LogP contribution < -0.4 is 11.2 Å². The molecule has 0 radical (unpaired) electrons. The van der Waals surface area contributed by atoms with Gasteiger partial charge in [-0.25, -0.2) is 4.79 Å². The number of rotatable bonds is 5. The number of aromatic nitrogens is 5. The van der Waals surface area contributed by atoms with Crippen LogP contribution in [0.2, 0.25) is 0 Å². The maximum atomic E-state index is 11.6. The van der Waals surface area contributed by atoms with Crippen molar-refractivity contribution < 1.29 is 0 Å². The smallest absolute Gasteiger partial charge is 0.311 e. The summed E-state index contributed by atoms with van der Waals surface area (Å²) < 4.78 is 1.92. The zero-order valence-corrected chi connectivity index (χ0v) is 15.2. The highest BCUT2D eigenvalue weighted by Gasteiger charge is 2.17. The fourth-order valence-corrected chi connectivity index (χ4v) is 3.25. The Morgan fingerprint density at radius 2 is 2.00 bits per heavy atom. The van der Waals surface area contributed by atoms with Crippen molar-refractivity contribution in [2.45, 2.75) is 25.4 Å². The van der Waals surface area contributed by atoms with Crippen LogP contribution in [0.1, 0.15) is 22.6 Å². The maximum absolute atomic E-state index is 11.6.